The number of fused-ring (bicyclic) bond motifs is 2. The lowest BCUT2D eigenvalue weighted by Crippen LogP contribution is -2.61. The fourth-order valence-corrected chi connectivity index (χ4v) is 9.47. The average molecular weight is 853 g/mol. The number of Topliss-reactive ketones (excluding diaryl/α,β-unsaturated/α-hetero) is 1. The van der Waals surface area contributed by atoms with Gasteiger partial charge in [0.15, 0.2) is 11.9 Å². The van der Waals surface area contributed by atoms with Gasteiger partial charge in [-0.3, -0.25) is 14.6 Å². The Morgan fingerprint density at radius 3 is 2.48 bits per heavy atom. The van der Waals surface area contributed by atoms with E-state index < -0.39 is 89.8 Å². The maximum atomic E-state index is 14.7. The van der Waals surface area contributed by atoms with Crippen LogP contribution in [0.25, 0.3) is 17.0 Å². The van der Waals surface area contributed by atoms with Crippen LogP contribution in [0.2, 0.25) is 0 Å². The second kappa shape index (κ2) is 19.9. The van der Waals surface area contributed by atoms with Crippen LogP contribution in [-0.2, 0) is 38.0 Å². The fraction of sp³-hybridized carbons (Fsp3) is 0.674. The van der Waals surface area contributed by atoms with Gasteiger partial charge in [-0.15, -0.1) is 0 Å². The summed E-state index contributed by atoms with van der Waals surface area (Å²) in [5.41, 5.74) is -1.05. The van der Waals surface area contributed by atoms with Crippen molar-refractivity contribution < 1.29 is 52.7 Å². The molecule has 1 aromatic carbocycles. The Morgan fingerprint density at radius 1 is 1.10 bits per heavy atom. The number of rotatable bonds is 10. The Balaban J connectivity index is 1.64. The van der Waals surface area contributed by atoms with Gasteiger partial charge in [-0.25, -0.2) is 9.59 Å². The maximum Gasteiger partial charge on any atom is 0.408 e. The number of hydrogen-bond acceptors (Lipinski definition) is 13. The minimum absolute atomic E-state index is 0.0525. The van der Waals surface area contributed by atoms with E-state index in [1.807, 2.05) is 75.3 Å². The standard InChI is InChI=1S/C46H68N4O11/c1-13-35-46(10)39(49-44(55)61-46)28(6)36(51)26(4)23-45(9,56-20-16-17-31-22-32-18-14-15-19-33(32)47-24-31)40(60-42-37(52)34(50(11)12)21-27(5)57-42)29(7)38(30(8)41(53)58-35)59-43(54)48-25(2)3/h14-19,22,24-30,34-35,37-40,42,52H,13,20-21,23H2,1-12H3,(H,48,54)(H,49,55)/b17-16+/t26-,27-,28+,29+,30-,34+,35-,37-,38?,39+,40-,42+,45-,46-/m1/s1. The summed E-state index contributed by atoms with van der Waals surface area (Å²) in [6.07, 6.45) is -0.874. The van der Waals surface area contributed by atoms with Gasteiger partial charge in [0.05, 0.1) is 41.9 Å². The van der Waals surface area contributed by atoms with Crippen LogP contribution in [0.15, 0.2) is 42.6 Å². The zero-order chi connectivity index (χ0) is 45.0. The predicted molar refractivity (Wildman–Crippen MR) is 229 cm³/mol. The van der Waals surface area contributed by atoms with Crippen molar-refractivity contribution in [3.8, 4) is 0 Å². The third-order valence-electron chi connectivity index (χ3n) is 12.7. The molecule has 4 heterocycles. The number of amides is 2. The molecule has 61 heavy (non-hydrogen) atoms. The number of para-hydroxylation sites is 1. The highest BCUT2D eigenvalue weighted by Gasteiger charge is 2.57. The Bertz CT molecular complexity index is 1890. The van der Waals surface area contributed by atoms with Gasteiger partial charge in [-0.2, -0.15) is 0 Å². The Hall–Kier alpha value is -4.15. The third kappa shape index (κ3) is 10.9. The molecule has 0 bridgehead atoms. The normalized spacial score (nSPS) is 36.6. The Kier molecular flexibility index (Phi) is 15.6. The van der Waals surface area contributed by atoms with Gasteiger partial charge in [0.2, 0.25) is 0 Å². The lowest BCUT2D eigenvalue weighted by molar-refractivity contribution is -0.302. The van der Waals surface area contributed by atoms with Crippen molar-refractivity contribution in [1.29, 1.82) is 0 Å². The molecule has 2 aromatic rings. The van der Waals surface area contributed by atoms with Crippen molar-refractivity contribution in [2.75, 3.05) is 20.7 Å². The zero-order valence-corrected chi connectivity index (χ0v) is 37.9. The van der Waals surface area contributed by atoms with E-state index in [-0.39, 0.29) is 43.4 Å². The summed E-state index contributed by atoms with van der Waals surface area (Å²) < 4.78 is 38.4. The molecule has 0 aliphatic carbocycles. The first-order valence-electron chi connectivity index (χ1n) is 21.7. The molecule has 15 heteroatoms. The molecule has 3 saturated heterocycles. The number of pyridine rings is 1. The summed E-state index contributed by atoms with van der Waals surface area (Å²) in [4.78, 5) is 62.0. The molecule has 3 N–H and O–H groups in total. The molecule has 2 amide bonds. The topological polar surface area (TPSA) is 184 Å². The number of hydrogen-bond donors (Lipinski definition) is 3. The molecule has 1 aromatic heterocycles. The van der Waals surface area contributed by atoms with Crippen LogP contribution in [0.3, 0.4) is 0 Å². The van der Waals surface area contributed by atoms with Crippen LogP contribution in [0.5, 0.6) is 0 Å². The quantitative estimate of drug-likeness (QED) is 0.186. The second-order valence-electron chi connectivity index (χ2n) is 18.3. The highest BCUT2D eigenvalue weighted by molar-refractivity contribution is 5.85. The smallest absolute Gasteiger partial charge is 0.408 e. The Labute approximate surface area is 360 Å². The highest BCUT2D eigenvalue weighted by atomic mass is 16.7. The lowest BCUT2D eigenvalue weighted by Gasteiger charge is -2.48. The van der Waals surface area contributed by atoms with Crippen LogP contribution in [0.4, 0.5) is 9.59 Å². The molecule has 1 unspecified atom stereocenters. The minimum Gasteiger partial charge on any atom is -0.458 e. The Morgan fingerprint density at radius 2 is 1.80 bits per heavy atom. The van der Waals surface area contributed by atoms with Crippen LogP contribution in [0, 0.1) is 23.7 Å². The van der Waals surface area contributed by atoms with Crippen molar-refractivity contribution in [2.24, 2.45) is 23.7 Å². The van der Waals surface area contributed by atoms with Gasteiger partial charge in [-0.1, -0.05) is 58.0 Å². The summed E-state index contributed by atoms with van der Waals surface area (Å²) >= 11 is 0. The summed E-state index contributed by atoms with van der Waals surface area (Å²) in [7, 11) is 3.76. The molecule has 3 aliphatic heterocycles. The molecule has 15 nitrogen and oxygen atoms in total. The van der Waals surface area contributed by atoms with E-state index in [0.29, 0.717) is 6.42 Å². The van der Waals surface area contributed by atoms with Gasteiger partial charge >= 0.3 is 18.2 Å². The van der Waals surface area contributed by atoms with E-state index in [1.54, 1.807) is 61.6 Å². The number of carbonyl (C=O) groups is 4. The highest BCUT2D eigenvalue weighted by Crippen LogP contribution is 2.42. The number of ketones is 1. The van der Waals surface area contributed by atoms with Crippen molar-refractivity contribution in [2.45, 2.75) is 155 Å². The number of aliphatic hydroxyl groups is 1. The fourth-order valence-electron chi connectivity index (χ4n) is 9.47. The van der Waals surface area contributed by atoms with E-state index in [9.17, 15) is 24.3 Å². The van der Waals surface area contributed by atoms with E-state index >= 15 is 0 Å². The number of carbonyl (C=O) groups excluding carboxylic acids is 4. The van der Waals surface area contributed by atoms with Crippen LogP contribution >= 0.6 is 0 Å². The number of aliphatic hydroxyl groups excluding tert-OH is 1. The number of esters is 1. The van der Waals surface area contributed by atoms with Gasteiger partial charge in [0, 0.05) is 41.4 Å². The lowest BCUT2D eigenvalue weighted by atomic mass is 9.73. The van der Waals surface area contributed by atoms with Crippen LogP contribution < -0.4 is 10.6 Å². The summed E-state index contributed by atoms with van der Waals surface area (Å²) in [5, 5.41) is 18.4. The van der Waals surface area contributed by atoms with E-state index in [0.717, 1.165) is 16.5 Å². The largest absolute Gasteiger partial charge is 0.458 e. The number of aromatic nitrogens is 1. The first kappa shape index (κ1) is 47.9. The summed E-state index contributed by atoms with van der Waals surface area (Å²) in [5.74, 6) is -4.30. The minimum atomic E-state index is -1.40. The van der Waals surface area contributed by atoms with E-state index in [4.69, 9.17) is 28.4 Å². The van der Waals surface area contributed by atoms with Gasteiger partial charge < -0.3 is 49.1 Å². The number of ether oxygens (including phenoxy) is 6. The van der Waals surface area contributed by atoms with Gasteiger partial charge in [0.1, 0.15) is 24.1 Å². The van der Waals surface area contributed by atoms with Crippen LogP contribution in [0.1, 0.15) is 94.1 Å². The summed E-state index contributed by atoms with van der Waals surface area (Å²) in [6.45, 7) is 17.8. The maximum absolute atomic E-state index is 14.7. The molecular weight excluding hydrogens is 785 g/mol. The van der Waals surface area contributed by atoms with Crippen molar-refractivity contribution in [1.82, 2.24) is 20.5 Å². The third-order valence-corrected chi connectivity index (χ3v) is 12.7. The number of nitrogens with zero attached hydrogens (tertiary/aromatic N) is 2. The molecule has 5 rings (SSSR count). The number of nitrogens with one attached hydrogen (secondary N) is 2. The number of alkyl carbamates (subject to hydrolysis) is 2. The second-order valence-corrected chi connectivity index (χ2v) is 18.3. The van der Waals surface area contributed by atoms with Crippen molar-refractivity contribution >= 4 is 40.9 Å². The molecule has 0 radical (unpaired) electrons. The van der Waals surface area contributed by atoms with Gasteiger partial charge in [-0.05, 0) is 92.6 Å². The zero-order valence-electron chi connectivity index (χ0n) is 37.9. The predicted octanol–water partition coefficient (Wildman–Crippen LogP) is 6.04. The molecule has 0 spiro atoms. The van der Waals surface area contributed by atoms with Crippen LogP contribution in [-0.4, -0.2) is 126 Å². The van der Waals surface area contributed by atoms with E-state index in [2.05, 4.69) is 15.6 Å². The number of cyclic esters (lactones) is 1. The number of benzene rings is 1. The first-order valence-corrected chi connectivity index (χ1v) is 21.7. The average Bonchev–Trinajstić information content (AvgIpc) is 3.52. The number of likely N-dealkylation sites (N-methyl/N-ethyl adjacent to an activating group) is 1. The first-order chi connectivity index (χ1) is 28.7. The molecule has 0 saturated carbocycles. The molecule has 338 valence electrons. The molecule has 3 fully saturated rings. The SMILES string of the molecule is CC[C@H]1OC(=O)[C@H](C)C(OC(=O)NC(C)C)[C@H](C)[C@@H](O[C@@H]2O[C@H](C)C[C@H](N(C)C)[C@H]2O)[C@](C)(OC/C=C/c2cnc3ccccc3c2)C[C@@H](C)C(=O)[C@H](C)[C@@H]2NC(=O)O[C@]12C. The van der Waals surface area contributed by atoms with E-state index in [1.165, 1.54) is 0 Å². The van der Waals surface area contributed by atoms with Gasteiger partial charge in [0.25, 0.3) is 0 Å². The van der Waals surface area contributed by atoms with Crippen molar-refractivity contribution in [3.05, 3.63) is 48.2 Å². The molecular formula is C46H68N4O11. The van der Waals surface area contributed by atoms with Crippen molar-refractivity contribution in [3.63, 3.8) is 0 Å². The monoisotopic (exact) mass is 852 g/mol. The molecule has 14 atom stereocenters. The molecule has 3 aliphatic rings. The summed E-state index contributed by atoms with van der Waals surface area (Å²) in [6, 6.07) is 8.39.